The fourth-order valence-corrected chi connectivity index (χ4v) is 5.47. The summed E-state index contributed by atoms with van der Waals surface area (Å²) in [5.41, 5.74) is 3.20. The molecule has 0 spiro atoms. The second-order valence-corrected chi connectivity index (χ2v) is 10.6. The van der Waals surface area contributed by atoms with Crippen molar-refractivity contribution in [1.29, 1.82) is 0 Å². The van der Waals surface area contributed by atoms with Crippen LogP contribution in [0.1, 0.15) is 48.7 Å². The summed E-state index contributed by atoms with van der Waals surface area (Å²) in [6, 6.07) is 17.1. The summed E-state index contributed by atoms with van der Waals surface area (Å²) >= 11 is 12.9. The van der Waals surface area contributed by atoms with Crippen molar-refractivity contribution in [3.05, 3.63) is 105 Å². The molecule has 1 N–H and O–H groups in total. The molecule has 0 unspecified atom stereocenters. The van der Waals surface area contributed by atoms with E-state index in [0.29, 0.717) is 51.0 Å². The van der Waals surface area contributed by atoms with Crippen LogP contribution in [-0.2, 0) is 4.79 Å². The molecule has 0 fully saturated rings. The Morgan fingerprint density at radius 2 is 1.74 bits per heavy atom. The first kappa shape index (κ1) is 23.6. The highest BCUT2D eigenvalue weighted by Gasteiger charge is 2.44. The maximum atomic E-state index is 14.1. The number of nitrogens with zero attached hydrogens (tertiary/aromatic N) is 1. The van der Waals surface area contributed by atoms with Crippen molar-refractivity contribution >= 4 is 46.3 Å². The maximum absolute atomic E-state index is 14.1. The number of benzene rings is 3. The number of halogens is 3. The number of para-hydroxylation sites is 2. The van der Waals surface area contributed by atoms with E-state index < -0.39 is 11.9 Å². The van der Waals surface area contributed by atoms with Gasteiger partial charge in [-0.15, -0.1) is 0 Å². The van der Waals surface area contributed by atoms with Gasteiger partial charge in [-0.2, -0.15) is 0 Å². The van der Waals surface area contributed by atoms with Crippen molar-refractivity contribution in [3.8, 4) is 0 Å². The third-order valence-electron chi connectivity index (χ3n) is 6.47. The normalized spacial score (nSPS) is 18.9. The van der Waals surface area contributed by atoms with Gasteiger partial charge in [-0.25, -0.2) is 4.39 Å². The Morgan fingerprint density at radius 1 is 1.03 bits per heavy atom. The highest BCUT2D eigenvalue weighted by molar-refractivity contribution is 6.35. The van der Waals surface area contributed by atoms with Crippen molar-refractivity contribution in [2.24, 2.45) is 5.41 Å². The number of rotatable bonds is 2. The quantitative estimate of drug-likeness (QED) is 0.387. The van der Waals surface area contributed by atoms with Gasteiger partial charge in [-0.1, -0.05) is 55.2 Å². The third-order valence-corrected chi connectivity index (χ3v) is 7.03. The number of hydrogen-bond acceptors (Lipinski definition) is 3. The number of amides is 1. The Hall–Kier alpha value is -3.15. The Labute approximate surface area is 213 Å². The smallest absolute Gasteiger partial charge is 0.259 e. The highest BCUT2D eigenvalue weighted by Crippen LogP contribution is 2.49. The van der Waals surface area contributed by atoms with Gasteiger partial charge < -0.3 is 5.32 Å². The predicted octanol–water partition coefficient (Wildman–Crippen LogP) is 7.59. The van der Waals surface area contributed by atoms with E-state index in [2.05, 4.69) is 19.2 Å². The van der Waals surface area contributed by atoms with Crippen LogP contribution in [0.15, 0.2) is 78.0 Å². The summed E-state index contributed by atoms with van der Waals surface area (Å²) in [6.45, 7) is 4.11. The molecule has 178 valence electrons. The number of fused-ring (bicyclic) bond motifs is 1. The number of hydrogen-bond donors (Lipinski definition) is 1. The molecule has 0 radical (unpaired) electrons. The fraction of sp³-hybridized carbons (Fsp3) is 0.214. The van der Waals surface area contributed by atoms with Crippen LogP contribution in [0.3, 0.4) is 0 Å². The minimum Gasteiger partial charge on any atom is -0.357 e. The molecule has 4 nitrogen and oxygen atoms in total. The summed E-state index contributed by atoms with van der Waals surface area (Å²) in [6.07, 6.45) is 0.965. The van der Waals surface area contributed by atoms with Gasteiger partial charge in [0.15, 0.2) is 5.78 Å². The molecule has 1 aliphatic carbocycles. The van der Waals surface area contributed by atoms with Crippen molar-refractivity contribution in [2.45, 2.75) is 32.7 Å². The lowest BCUT2D eigenvalue weighted by atomic mass is 9.73. The summed E-state index contributed by atoms with van der Waals surface area (Å²) in [5, 5.41) is 4.26. The van der Waals surface area contributed by atoms with Gasteiger partial charge in [0.1, 0.15) is 5.82 Å². The minimum absolute atomic E-state index is 0.0514. The van der Waals surface area contributed by atoms with E-state index in [9.17, 15) is 14.0 Å². The molecule has 35 heavy (non-hydrogen) atoms. The Kier molecular flexibility index (Phi) is 5.94. The van der Waals surface area contributed by atoms with E-state index in [1.807, 2.05) is 24.3 Å². The molecule has 1 amide bonds. The number of allylic oxidation sites excluding steroid dienone is 1. The number of carbonyl (C=O) groups excluding carboxylic acids is 2. The van der Waals surface area contributed by atoms with Gasteiger partial charge >= 0.3 is 0 Å². The molecule has 1 heterocycles. The fourth-order valence-electron chi connectivity index (χ4n) is 4.96. The first-order valence-electron chi connectivity index (χ1n) is 11.3. The monoisotopic (exact) mass is 508 g/mol. The SMILES string of the molecule is CC1(C)CC(=O)C2=C(C1)Nc1ccccc1N(C(=O)c1ccc(F)cc1)[C@H]2c1ccc(Cl)cc1Cl. The third kappa shape index (κ3) is 4.35. The largest absolute Gasteiger partial charge is 0.357 e. The number of Topliss-reactive ketones (excluding diaryl/α,β-unsaturated/α-hetero) is 1. The van der Waals surface area contributed by atoms with Gasteiger partial charge in [-0.05, 0) is 65.9 Å². The minimum atomic E-state index is -0.799. The molecule has 3 aromatic carbocycles. The number of ketones is 1. The lowest BCUT2D eigenvalue weighted by Crippen LogP contribution is -2.39. The molecular formula is C28H23Cl2FN2O2. The van der Waals surface area contributed by atoms with E-state index in [-0.39, 0.29) is 17.1 Å². The van der Waals surface area contributed by atoms with Crippen molar-refractivity contribution in [2.75, 3.05) is 10.2 Å². The van der Waals surface area contributed by atoms with Crippen LogP contribution in [0.25, 0.3) is 0 Å². The maximum Gasteiger partial charge on any atom is 0.259 e. The molecule has 2 aliphatic rings. The standard InChI is InChI=1S/C28H23Cl2FN2O2/c1-28(2)14-22-25(24(34)15-28)26(19-12-9-17(29)13-20(19)30)33(23-6-4-3-5-21(23)32-22)27(35)16-7-10-18(31)11-8-16/h3-13,26,32H,14-15H2,1-2H3/t26-/m0/s1. The zero-order valence-electron chi connectivity index (χ0n) is 19.2. The van der Waals surface area contributed by atoms with Gasteiger partial charge in [-0.3, -0.25) is 14.5 Å². The van der Waals surface area contributed by atoms with Crippen molar-refractivity contribution in [1.82, 2.24) is 0 Å². The van der Waals surface area contributed by atoms with Crippen LogP contribution in [0, 0.1) is 11.2 Å². The second-order valence-electron chi connectivity index (χ2n) is 9.73. The summed E-state index contributed by atoms with van der Waals surface area (Å²) in [4.78, 5) is 29.4. The van der Waals surface area contributed by atoms with Gasteiger partial charge in [0.05, 0.1) is 17.4 Å². The molecular weight excluding hydrogens is 486 g/mol. The average molecular weight is 509 g/mol. The lowest BCUT2D eigenvalue weighted by molar-refractivity contribution is -0.118. The number of carbonyl (C=O) groups is 2. The van der Waals surface area contributed by atoms with Gasteiger partial charge in [0.2, 0.25) is 0 Å². The van der Waals surface area contributed by atoms with E-state index in [4.69, 9.17) is 23.2 Å². The summed E-state index contributed by atoms with van der Waals surface area (Å²) < 4.78 is 13.7. The Morgan fingerprint density at radius 3 is 2.46 bits per heavy atom. The molecule has 3 aromatic rings. The first-order chi connectivity index (χ1) is 16.6. The Balaban J connectivity index is 1.81. The van der Waals surface area contributed by atoms with E-state index in [1.54, 1.807) is 23.1 Å². The summed E-state index contributed by atoms with van der Waals surface area (Å²) in [7, 11) is 0. The van der Waals surface area contributed by atoms with Crippen molar-refractivity contribution in [3.63, 3.8) is 0 Å². The molecule has 0 bridgehead atoms. The Bertz CT molecular complexity index is 1380. The molecule has 0 saturated heterocycles. The summed E-state index contributed by atoms with van der Waals surface area (Å²) in [5.74, 6) is -0.863. The van der Waals surface area contributed by atoms with E-state index in [1.165, 1.54) is 24.3 Å². The molecule has 0 aromatic heterocycles. The topological polar surface area (TPSA) is 49.4 Å². The first-order valence-corrected chi connectivity index (χ1v) is 12.1. The van der Waals surface area contributed by atoms with Crippen LogP contribution < -0.4 is 10.2 Å². The van der Waals surface area contributed by atoms with Crippen LogP contribution >= 0.6 is 23.2 Å². The average Bonchev–Trinajstić information content (AvgIpc) is 2.92. The zero-order chi connectivity index (χ0) is 24.9. The van der Waals surface area contributed by atoms with Gasteiger partial charge in [0, 0.05) is 33.3 Å². The van der Waals surface area contributed by atoms with E-state index >= 15 is 0 Å². The molecule has 1 aliphatic heterocycles. The predicted molar refractivity (Wildman–Crippen MR) is 138 cm³/mol. The number of nitrogens with one attached hydrogen (secondary N) is 1. The van der Waals surface area contributed by atoms with Crippen molar-refractivity contribution < 1.29 is 14.0 Å². The molecule has 5 rings (SSSR count). The van der Waals surface area contributed by atoms with Crippen LogP contribution in [0.5, 0.6) is 0 Å². The lowest BCUT2D eigenvalue weighted by Gasteiger charge is -2.37. The highest BCUT2D eigenvalue weighted by atomic mass is 35.5. The van der Waals surface area contributed by atoms with Crippen LogP contribution in [-0.4, -0.2) is 11.7 Å². The van der Waals surface area contributed by atoms with Crippen LogP contribution in [0.4, 0.5) is 15.8 Å². The molecule has 0 saturated carbocycles. The molecule has 1 atom stereocenters. The number of anilines is 2. The second kappa shape index (κ2) is 8.81. The van der Waals surface area contributed by atoms with Gasteiger partial charge in [0.25, 0.3) is 5.91 Å². The van der Waals surface area contributed by atoms with Crippen LogP contribution in [0.2, 0.25) is 10.0 Å². The van der Waals surface area contributed by atoms with E-state index in [0.717, 1.165) is 5.70 Å². The zero-order valence-corrected chi connectivity index (χ0v) is 20.8. The molecule has 7 heteroatoms.